The first kappa shape index (κ1) is 32.7. The number of ether oxygens (including phenoxy) is 2. The maximum absolute atomic E-state index is 13.8. The van der Waals surface area contributed by atoms with E-state index in [0.29, 0.717) is 29.2 Å². The van der Waals surface area contributed by atoms with E-state index in [4.69, 9.17) is 15.2 Å². The lowest BCUT2D eigenvalue weighted by Gasteiger charge is -2.43. The van der Waals surface area contributed by atoms with E-state index in [1.807, 2.05) is 0 Å². The highest BCUT2D eigenvalue weighted by atomic mass is 19.4. The van der Waals surface area contributed by atoms with Crippen LogP contribution in [0, 0.1) is 0 Å². The Hall–Kier alpha value is -3.85. The van der Waals surface area contributed by atoms with E-state index >= 15 is 0 Å². The summed E-state index contributed by atoms with van der Waals surface area (Å²) in [5.41, 5.74) is -0.335. The predicted octanol–water partition coefficient (Wildman–Crippen LogP) is 7.78. The third kappa shape index (κ3) is 6.95. The van der Waals surface area contributed by atoms with Gasteiger partial charge in [-0.2, -0.15) is 39.5 Å². The Balaban J connectivity index is 2.25. The molecule has 1 aliphatic rings. The Morgan fingerprint density at radius 3 is 1.88 bits per heavy atom. The monoisotopic (exact) mass is 615 g/mol. The van der Waals surface area contributed by atoms with Gasteiger partial charge in [-0.05, 0) is 63.1 Å². The van der Waals surface area contributed by atoms with Crippen molar-refractivity contribution in [2.24, 2.45) is 0 Å². The zero-order valence-corrected chi connectivity index (χ0v) is 22.5. The molecule has 3 rings (SSSR count). The van der Waals surface area contributed by atoms with Gasteiger partial charge in [-0.1, -0.05) is 0 Å². The summed E-state index contributed by atoms with van der Waals surface area (Å²) in [6.45, 7) is 3.57. The van der Waals surface area contributed by atoms with Crippen LogP contribution >= 0.6 is 0 Å². The van der Waals surface area contributed by atoms with Crippen molar-refractivity contribution in [3.8, 4) is 0 Å². The van der Waals surface area contributed by atoms with Crippen LogP contribution in [0.25, 0.3) is 0 Å². The van der Waals surface area contributed by atoms with Gasteiger partial charge in [0.1, 0.15) is 0 Å². The molecule has 2 aromatic rings. The standard InChI is InChI=1S/C26H26F9N3O4/c1-12(2)42-23(40)38-13(3)5-20(18-9-17(26(33,34)35)10-19(36)21(18)38)37(22(39)41-4)11-14-6-15(24(27,28)29)8-16(7-14)25(30,31)32/h6-10,12-13,20H,5,11,36H2,1-4H3/t13-,20+/m0/s1. The molecular formula is C26H26F9N3O4. The molecule has 0 spiro atoms. The van der Waals surface area contributed by atoms with Crippen molar-refractivity contribution in [2.75, 3.05) is 17.7 Å². The van der Waals surface area contributed by atoms with Crippen molar-refractivity contribution >= 4 is 23.6 Å². The van der Waals surface area contributed by atoms with E-state index in [1.54, 1.807) is 0 Å². The summed E-state index contributed by atoms with van der Waals surface area (Å²) in [5.74, 6) is 0. The number of fused-ring (bicyclic) bond motifs is 1. The molecule has 0 aromatic heterocycles. The molecule has 0 fully saturated rings. The molecule has 0 saturated carbocycles. The fraction of sp³-hybridized carbons (Fsp3) is 0.462. The molecule has 7 nitrogen and oxygen atoms in total. The van der Waals surface area contributed by atoms with Gasteiger partial charge in [0.25, 0.3) is 0 Å². The fourth-order valence-electron chi connectivity index (χ4n) is 4.70. The van der Waals surface area contributed by atoms with Crippen molar-refractivity contribution in [2.45, 2.75) is 70.5 Å². The Kier molecular flexibility index (Phi) is 8.89. The molecule has 2 amide bonds. The number of carbonyl (C=O) groups is 2. The van der Waals surface area contributed by atoms with Gasteiger partial charge in [-0.15, -0.1) is 0 Å². The molecule has 0 unspecified atom stereocenters. The molecule has 1 aliphatic heterocycles. The molecule has 232 valence electrons. The van der Waals surface area contributed by atoms with Crippen molar-refractivity contribution in [3.63, 3.8) is 0 Å². The van der Waals surface area contributed by atoms with Crippen molar-refractivity contribution < 1.29 is 58.6 Å². The number of anilines is 2. The summed E-state index contributed by atoms with van der Waals surface area (Å²) >= 11 is 0. The molecule has 2 N–H and O–H groups in total. The van der Waals surface area contributed by atoms with E-state index in [2.05, 4.69) is 0 Å². The van der Waals surface area contributed by atoms with E-state index in [9.17, 15) is 49.1 Å². The third-order valence-electron chi connectivity index (χ3n) is 6.42. The molecule has 42 heavy (non-hydrogen) atoms. The second-order valence-corrected chi connectivity index (χ2v) is 9.92. The van der Waals surface area contributed by atoms with Gasteiger partial charge in [0.2, 0.25) is 0 Å². The Labute approximate surface area is 233 Å². The van der Waals surface area contributed by atoms with Gasteiger partial charge >= 0.3 is 30.7 Å². The summed E-state index contributed by atoms with van der Waals surface area (Å²) in [6, 6.07) is -0.476. The Bertz CT molecular complexity index is 1310. The maximum Gasteiger partial charge on any atom is 0.416 e. The zero-order valence-electron chi connectivity index (χ0n) is 22.5. The van der Waals surface area contributed by atoms with Gasteiger partial charge < -0.3 is 15.2 Å². The number of nitrogens with zero attached hydrogens (tertiary/aromatic N) is 2. The van der Waals surface area contributed by atoms with Crippen LogP contribution in [0.15, 0.2) is 30.3 Å². The summed E-state index contributed by atoms with van der Waals surface area (Å²) in [5, 5.41) is 0. The van der Waals surface area contributed by atoms with Gasteiger partial charge in [0.15, 0.2) is 0 Å². The maximum atomic E-state index is 13.8. The Morgan fingerprint density at radius 2 is 1.43 bits per heavy atom. The quantitative estimate of drug-likeness (QED) is 0.281. The van der Waals surface area contributed by atoms with Crippen LogP contribution in [0.3, 0.4) is 0 Å². The van der Waals surface area contributed by atoms with Crippen LogP contribution < -0.4 is 10.6 Å². The van der Waals surface area contributed by atoms with E-state index in [1.165, 1.54) is 20.8 Å². The summed E-state index contributed by atoms with van der Waals surface area (Å²) in [4.78, 5) is 27.5. The van der Waals surface area contributed by atoms with Crippen molar-refractivity contribution in [1.29, 1.82) is 0 Å². The SMILES string of the molecule is COC(=O)N(Cc1cc(C(F)(F)F)cc(C(F)(F)F)c1)[C@@H]1C[C@H](C)N(C(=O)OC(C)C)c2c(N)cc(C(F)(F)F)cc21. The fourth-order valence-corrected chi connectivity index (χ4v) is 4.70. The largest absolute Gasteiger partial charge is 0.453 e. The van der Waals surface area contributed by atoms with E-state index in [0.717, 1.165) is 12.0 Å². The van der Waals surface area contributed by atoms with Crippen molar-refractivity contribution in [3.05, 3.63) is 58.1 Å². The number of methoxy groups -OCH3 is 1. The number of benzene rings is 2. The number of nitrogens with two attached hydrogens (primary N) is 1. The average Bonchev–Trinajstić information content (AvgIpc) is 2.84. The molecule has 0 radical (unpaired) electrons. The summed E-state index contributed by atoms with van der Waals surface area (Å²) < 4.78 is 132. The number of amides is 2. The molecule has 0 bridgehead atoms. The first-order valence-corrected chi connectivity index (χ1v) is 12.3. The number of alkyl halides is 9. The Morgan fingerprint density at radius 1 is 0.929 bits per heavy atom. The number of carbonyl (C=O) groups excluding carboxylic acids is 2. The molecule has 2 aromatic carbocycles. The second-order valence-electron chi connectivity index (χ2n) is 9.92. The molecule has 0 saturated heterocycles. The lowest BCUT2D eigenvalue weighted by molar-refractivity contribution is -0.143. The minimum atomic E-state index is -5.19. The normalized spacial score (nSPS) is 17.6. The number of hydrogen-bond donors (Lipinski definition) is 1. The summed E-state index contributed by atoms with van der Waals surface area (Å²) in [7, 11) is 0.878. The van der Waals surface area contributed by atoms with Crippen LogP contribution in [0.4, 0.5) is 60.5 Å². The van der Waals surface area contributed by atoms with Crippen LogP contribution in [0.5, 0.6) is 0 Å². The molecule has 1 heterocycles. The van der Waals surface area contributed by atoms with Crippen LogP contribution in [0.2, 0.25) is 0 Å². The van der Waals surface area contributed by atoms with Gasteiger partial charge in [-0.3, -0.25) is 9.80 Å². The summed E-state index contributed by atoms with van der Waals surface area (Å²) in [6.07, 6.45) is -18.5. The average molecular weight is 615 g/mol. The van der Waals surface area contributed by atoms with Gasteiger partial charge in [0.05, 0.1) is 47.3 Å². The zero-order chi connectivity index (χ0) is 31.9. The van der Waals surface area contributed by atoms with Crippen LogP contribution in [-0.4, -0.2) is 36.3 Å². The first-order chi connectivity index (χ1) is 19.1. The third-order valence-corrected chi connectivity index (χ3v) is 6.42. The number of rotatable bonds is 4. The van der Waals surface area contributed by atoms with Gasteiger partial charge in [-0.25, -0.2) is 9.59 Å². The minimum Gasteiger partial charge on any atom is -0.453 e. The van der Waals surface area contributed by atoms with E-state index < -0.39 is 83.4 Å². The second kappa shape index (κ2) is 11.4. The van der Waals surface area contributed by atoms with Gasteiger partial charge in [0, 0.05) is 18.2 Å². The first-order valence-electron chi connectivity index (χ1n) is 12.3. The lowest BCUT2D eigenvalue weighted by Crippen LogP contribution is -2.48. The van der Waals surface area contributed by atoms with Crippen molar-refractivity contribution in [1.82, 2.24) is 4.90 Å². The smallest absolute Gasteiger partial charge is 0.416 e. The highest BCUT2D eigenvalue weighted by molar-refractivity contribution is 5.95. The molecule has 16 heteroatoms. The lowest BCUT2D eigenvalue weighted by atomic mass is 9.88. The van der Waals surface area contributed by atoms with E-state index in [-0.39, 0.29) is 23.7 Å². The topological polar surface area (TPSA) is 85.1 Å². The highest BCUT2D eigenvalue weighted by Gasteiger charge is 2.44. The molecule has 0 aliphatic carbocycles. The van der Waals surface area contributed by atoms with Crippen LogP contribution in [-0.2, 0) is 34.5 Å². The highest BCUT2D eigenvalue weighted by Crippen LogP contribution is 2.47. The predicted molar refractivity (Wildman–Crippen MR) is 131 cm³/mol. The number of hydrogen-bond acceptors (Lipinski definition) is 5. The molecular weight excluding hydrogens is 589 g/mol. The minimum absolute atomic E-state index is 0.0987. The number of halogens is 9. The molecule has 2 atom stereocenters. The van der Waals surface area contributed by atoms with Crippen LogP contribution in [0.1, 0.15) is 61.1 Å². The number of nitrogen functional groups attached to an aromatic ring is 1.